The summed E-state index contributed by atoms with van der Waals surface area (Å²) < 4.78 is 5.23. The second-order valence-electron chi connectivity index (χ2n) is 8.79. The molecule has 1 aliphatic carbocycles. The number of likely N-dealkylation sites (tertiary alicyclic amines) is 1. The molecule has 2 saturated heterocycles. The minimum Gasteiger partial charge on any atom is -0.481 e. The van der Waals surface area contributed by atoms with Gasteiger partial charge in [0.1, 0.15) is 6.04 Å². The fourth-order valence-corrected chi connectivity index (χ4v) is 4.91. The number of amides is 1. The summed E-state index contributed by atoms with van der Waals surface area (Å²) in [5.41, 5.74) is 2.61. The molecule has 3 aliphatic rings. The van der Waals surface area contributed by atoms with E-state index in [0.29, 0.717) is 32.0 Å². The maximum atomic E-state index is 13.1. The van der Waals surface area contributed by atoms with E-state index in [-0.39, 0.29) is 11.3 Å². The molecule has 2 atom stereocenters. The standard InChI is InChI=1S/C22H30N2O4/c1-28-13-15-3-2-4-17(11-15)16-5-9-24(10-6-16)20(25)19-18(21(26)27)12-22(7-8-22)14-23-19/h2-4,11,16,18-19,23H,5-10,12-14H2,1H3,(H,26,27). The van der Waals surface area contributed by atoms with Gasteiger partial charge in [0.15, 0.2) is 0 Å². The molecule has 6 nitrogen and oxygen atoms in total. The number of ether oxygens (including phenoxy) is 1. The smallest absolute Gasteiger partial charge is 0.308 e. The van der Waals surface area contributed by atoms with Gasteiger partial charge in [0.25, 0.3) is 0 Å². The van der Waals surface area contributed by atoms with Gasteiger partial charge in [-0.1, -0.05) is 24.3 Å². The molecule has 2 aliphatic heterocycles. The van der Waals surface area contributed by atoms with Crippen molar-refractivity contribution in [2.24, 2.45) is 11.3 Å². The predicted molar refractivity (Wildman–Crippen MR) is 105 cm³/mol. The molecule has 0 aromatic heterocycles. The van der Waals surface area contributed by atoms with Crippen LogP contribution in [0.25, 0.3) is 0 Å². The Bertz CT molecular complexity index is 738. The third-order valence-corrected chi connectivity index (χ3v) is 6.83. The molecule has 2 N–H and O–H groups in total. The first-order valence-electron chi connectivity index (χ1n) is 10.3. The molecule has 28 heavy (non-hydrogen) atoms. The molecule has 152 valence electrons. The Kier molecular flexibility index (Phi) is 5.43. The van der Waals surface area contributed by atoms with Gasteiger partial charge in [-0.2, -0.15) is 0 Å². The van der Waals surface area contributed by atoms with Crippen molar-refractivity contribution < 1.29 is 19.4 Å². The zero-order valence-corrected chi connectivity index (χ0v) is 16.5. The summed E-state index contributed by atoms with van der Waals surface area (Å²) in [6.07, 6.45) is 4.62. The van der Waals surface area contributed by atoms with Crippen LogP contribution >= 0.6 is 0 Å². The third kappa shape index (κ3) is 3.94. The average molecular weight is 386 g/mol. The molecule has 1 amide bonds. The maximum absolute atomic E-state index is 13.1. The largest absolute Gasteiger partial charge is 0.481 e. The van der Waals surface area contributed by atoms with Gasteiger partial charge in [-0.3, -0.25) is 9.59 Å². The first-order valence-corrected chi connectivity index (χ1v) is 10.3. The second kappa shape index (κ2) is 7.84. The zero-order valence-electron chi connectivity index (χ0n) is 16.5. The van der Waals surface area contributed by atoms with Crippen molar-refractivity contribution in [3.63, 3.8) is 0 Å². The highest BCUT2D eigenvalue weighted by Gasteiger charge is 2.52. The van der Waals surface area contributed by atoms with Crippen molar-refractivity contribution in [1.29, 1.82) is 0 Å². The molecule has 1 saturated carbocycles. The van der Waals surface area contributed by atoms with Gasteiger partial charge in [0.05, 0.1) is 12.5 Å². The van der Waals surface area contributed by atoms with Crippen LogP contribution in [0, 0.1) is 11.3 Å². The number of hydrogen-bond acceptors (Lipinski definition) is 4. The van der Waals surface area contributed by atoms with Crippen LogP contribution in [-0.2, 0) is 20.9 Å². The number of hydrogen-bond donors (Lipinski definition) is 2. The topological polar surface area (TPSA) is 78.9 Å². The summed E-state index contributed by atoms with van der Waals surface area (Å²) in [6, 6.07) is 7.91. The van der Waals surface area contributed by atoms with E-state index < -0.39 is 17.9 Å². The molecule has 1 aromatic carbocycles. The monoisotopic (exact) mass is 386 g/mol. The Hall–Kier alpha value is -1.92. The van der Waals surface area contributed by atoms with Crippen molar-refractivity contribution in [3.8, 4) is 0 Å². The number of rotatable bonds is 5. The molecular weight excluding hydrogens is 356 g/mol. The Morgan fingerprint density at radius 3 is 2.68 bits per heavy atom. The number of aliphatic carboxylic acids is 1. The van der Waals surface area contributed by atoms with E-state index in [2.05, 4.69) is 29.6 Å². The number of carboxylic acids is 1. The van der Waals surface area contributed by atoms with Gasteiger partial charge in [-0.25, -0.2) is 0 Å². The van der Waals surface area contributed by atoms with Crippen LogP contribution in [0.1, 0.15) is 49.1 Å². The first kappa shape index (κ1) is 19.4. The van der Waals surface area contributed by atoms with E-state index in [1.807, 2.05) is 4.90 Å². The van der Waals surface area contributed by atoms with Crippen LogP contribution < -0.4 is 5.32 Å². The quantitative estimate of drug-likeness (QED) is 0.812. The van der Waals surface area contributed by atoms with Crippen LogP contribution in [0.15, 0.2) is 24.3 Å². The fourth-order valence-electron chi connectivity index (χ4n) is 4.91. The second-order valence-corrected chi connectivity index (χ2v) is 8.79. The minimum absolute atomic E-state index is 0.0329. The van der Waals surface area contributed by atoms with E-state index in [4.69, 9.17) is 4.74 Å². The number of carboxylic acid groups (broad SMARTS) is 1. The molecule has 1 aromatic rings. The van der Waals surface area contributed by atoms with E-state index in [1.165, 1.54) is 11.1 Å². The van der Waals surface area contributed by atoms with Gasteiger partial charge in [0, 0.05) is 26.7 Å². The van der Waals surface area contributed by atoms with Crippen molar-refractivity contribution >= 4 is 11.9 Å². The third-order valence-electron chi connectivity index (χ3n) is 6.83. The predicted octanol–water partition coefficient (Wildman–Crippen LogP) is 2.38. The number of methoxy groups -OCH3 is 1. The summed E-state index contributed by atoms with van der Waals surface area (Å²) in [4.78, 5) is 26.7. The lowest BCUT2D eigenvalue weighted by atomic mass is 9.81. The maximum Gasteiger partial charge on any atom is 0.308 e. The highest BCUT2D eigenvalue weighted by Crippen LogP contribution is 2.52. The lowest BCUT2D eigenvalue weighted by molar-refractivity contribution is -0.151. The van der Waals surface area contributed by atoms with Gasteiger partial charge in [0.2, 0.25) is 5.91 Å². The molecule has 6 heteroatoms. The van der Waals surface area contributed by atoms with E-state index in [1.54, 1.807) is 7.11 Å². The lowest BCUT2D eigenvalue weighted by Crippen LogP contribution is -2.58. The van der Waals surface area contributed by atoms with E-state index in [0.717, 1.165) is 32.2 Å². The number of piperidine rings is 2. The molecule has 3 fully saturated rings. The molecule has 1 spiro atoms. The Morgan fingerprint density at radius 1 is 1.29 bits per heavy atom. The Balaban J connectivity index is 1.37. The van der Waals surface area contributed by atoms with Crippen LogP contribution in [0.4, 0.5) is 0 Å². The van der Waals surface area contributed by atoms with Crippen molar-refractivity contribution in [2.75, 3.05) is 26.7 Å². The number of carbonyl (C=O) groups excluding carboxylic acids is 1. The highest BCUT2D eigenvalue weighted by atomic mass is 16.5. The van der Waals surface area contributed by atoms with Crippen molar-refractivity contribution in [2.45, 2.75) is 50.7 Å². The van der Waals surface area contributed by atoms with Gasteiger partial charge >= 0.3 is 5.97 Å². The number of nitrogens with one attached hydrogen (secondary N) is 1. The zero-order chi connectivity index (χ0) is 19.7. The van der Waals surface area contributed by atoms with Crippen molar-refractivity contribution in [3.05, 3.63) is 35.4 Å². The van der Waals surface area contributed by atoms with E-state index >= 15 is 0 Å². The summed E-state index contributed by atoms with van der Waals surface area (Å²) in [5.74, 6) is -1.05. The van der Waals surface area contributed by atoms with Gasteiger partial charge in [-0.15, -0.1) is 0 Å². The summed E-state index contributed by atoms with van der Waals surface area (Å²) in [7, 11) is 1.70. The summed E-state index contributed by atoms with van der Waals surface area (Å²) in [6.45, 7) is 2.76. The Labute approximate surface area is 166 Å². The molecule has 4 rings (SSSR count). The molecule has 0 bridgehead atoms. The van der Waals surface area contributed by atoms with E-state index in [9.17, 15) is 14.7 Å². The van der Waals surface area contributed by atoms with Crippen LogP contribution in [0.2, 0.25) is 0 Å². The van der Waals surface area contributed by atoms with Crippen LogP contribution in [0.5, 0.6) is 0 Å². The molecular formula is C22H30N2O4. The molecule has 0 radical (unpaired) electrons. The minimum atomic E-state index is -0.846. The Morgan fingerprint density at radius 2 is 2.04 bits per heavy atom. The van der Waals surface area contributed by atoms with Gasteiger partial charge < -0.3 is 20.1 Å². The van der Waals surface area contributed by atoms with Gasteiger partial charge in [-0.05, 0) is 54.6 Å². The summed E-state index contributed by atoms with van der Waals surface area (Å²) in [5, 5.41) is 12.9. The van der Waals surface area contributed by atoms with Crippen LogP contribution in [0.3, 0.4) is 0 Å². The summed E-state index contributed by atoms with van der Waals surface area (Å²) >= 11 is 0. The fraction of sp³-hybridized carbons (Fsp3) is 0.636. The van der Waals surface area contributed by atoms with Crippen molar-refractivity contribution in [1.82, 2.24) is 10.2 Å². The SMILES string of the molecule is COCc1cccc(C2CCN(C(=O)C3NCC4(CC4)CC3C(=O)O)CC2)c1. The molecule has 2 unspecified atom stereocenters. The van der Waals surface area contributed by atoms with Crippen LogP contribution in [-0.4, -0.2) is 54.7 Å². The molecule has 2 heterocycles. The first-order chi connectivity index (χ1) is 13.5. The normalized spacial score (nSPS) is 27.0. The highest BCUT2D eigenvalue weighted by molar-refractivity contribution is 5.88. The number of carbonyl (C=O) groups is 2. The number of nitrogens with zero attached hydrogens (tertiary/aromatic N) is 1. The lowest BCUT2D eigenvalue weighted by Gasteiger charge is -2.39. The average Bonchev–Trinajstić information content (AvgIpc) is 3.46. The number of benzene rings is 1.